The number of nitrogens with zero attached hydrogens (tertiary/aromatic N) is 4. The number of amides is 2. The van der Waals surface area contributed by atoms with Crippen LogP contribution < -0.4 is 0 Å². The molecule has 2 saturated heterocycles. The van der Waals surface area contributed by atoms with Gasteiger partial charge >= 0.3 is 0 Å². The molecule has 3 heterocycles. The molecule has 0 N–H and O–H groups in total. The largest absolute Gasteiger partial charge is 0.342 e. The van der Waals surface area contributed by atoms with Crippen LogP contribution in [0, 0.1) is 18.8 Å². The first-order valence-corrected chi connectivity index (χ1v) is 9.42. The van der Waals surface area contributed by atoms with Gasteiger partial charge in [0.05, 0.1) is 5.92 Å². The summed E-state index contributed by atoms with van der Waals surface area (Å²) in [5.41, 5.74) is 0. The van der Waals surface area contributed by atoms with E-state index < -0.39 is 0 Å². The fraction of sp³-hybridized carbons (Fsp3) is 0.778. The van der Waals surface area contributed by atoms with Crippen molar-refractivity contribution < 1.29 is 14.1 Å². The molecule has 2 aliphatic heterocycles. The molecule has 7 nitrogen and oxygen atoms in total. The standard InChI is InChI=1S/C18H28N4O3/c1-3-17(23)22-8-4-5-15(12-22)18(24)21-9-6-14(7-10-21)11-16-19-13(2)25-20-16/h14-15H,3-12H2,1-2H3. The fourth-order valence-electron chi connectivity index (χ4n) is 3.93. The molecule has 2 fully saturated rings. The molecule has 0 radical (unpaired) electrons. The Morgan fingerprint density at radius 1 is 1.16 bits per heavy atom. The summed E-state index contributed by atoms with van der Waals surface area (Å²) in [7, 11) is 0. The van der Waals surface area contributed by atoms with Crippen LogP contribution >= 0.6 is 0 Å². The lowest BCUT2D eigenvalue weighted by molar-refractivity contribution is -0.141. The Balaban J connectivity index is 1.48. The second kappa shape index (κ2) is 7.97. The topological polar surface area (TPSA) is 79.5 Å². The van der Waals surface area contributed by atoms with E-state index in [1.807, 2.05) is 16.7 Å². The predicted molar refractivity (Wildman–Crippen MR) is 91.6 cm³/mol. The zero-order valence-electron chi connectivity index (χ0n) is 15.2. The molecule has 25 heavy (non-hydrogen) atoms. The molecule has 1 unspecified atom stereocenters. The van der Waals surface area contributed by atoms with Gasteiger partial charge in [0, 0.05) is 45.9 Å². The summed E-state index contributed by atoms with van der Waals surface area (Å²) in [6.45, 7) is 6.64. The molecule has 3 rings (SSSR count). The van der Waals surface area contributed by atoms with E-state index in [1.165, 1.54) is 0 Å². The van der Waals surface area contributed by atoms with Crippen LogP contribution in [0.3, 0.4) is 0 Å². The van der Waals surface area contributed by atoms with E-state index in [2.05, 4.69) is 10.1 Å². The number of piperidine rings is 2. The summed E-state index contributed by atoms with van der Waals surface area (Å²) < 4.78 is 5.03. The number of aromatic nitrogens is 2. The average molecular weight is 348 g/mol. The van der Waals surface area contributed by atoms with Gasteiger partial charge in [0.25, 0.3) is 0 Å². The van der Waals surface area contributed by atoms with Crippen molar-refractivity contribution in [2.45, 2.75) is 52.4 Å². The molecule has 1 atom stereocenters. The third-order valence-corrected chi connectivity index (χ3v) is 5.39. The van der Waals surface area contributed by atoms with Crippen LogP contribution in [-0.4, -0.2) is 57.9 Å². The van der Waals surface area contributed by atoms with Crippen molar-refractivity contribution in [2.24, 2.45) is 11.8 Å². The Hall–Kier alpha value is -1.92. The molecule has 2 amide bonds. The van der Waals surface area contributed by atoms with Gasteiger partial charge in [-0.3, -0.25) is 9.59 Å². The predicted octanol–water partition coefficient (Wildman–Crippen LogP) is 1.81. The van der Waals surface area contributed by atoms with E-state index >= 15 is 0 Å². The number of rotatable bonds is 4. The van der Waals surface area contributed by atoms with Crippen LogP contribution in [0.1, 0.15) is 50.7 Å². The summed E-state index contributed by atoms with van der Waals surface area (Å²) in [6.07, 6.45) is 5.11. The summed E-state index contributed by atoms with van der Waals surface area (Å²) >= 11 is 0. The molecule has 0 spiro atoms. The SMILES string of the molecule is CCC(=O)N1CCCC(C(=O)N2CCC(Cc3noc(C)n3)CC2)C1. The molecular formula is C18H28N4O3. The third kappa shape index (κ3) is 4.38. The monoisotopic (exact) mass is 348 g/mol. The van der Waals surface area contributed by atoms with Crippen LogP contribution in [0.2, 0.25) is 0 Å². The molecule has 7 heteroatoms. The Bertz CT molecular complexity index is 607. The highest BCUT2D eigenvalue weighted by atomic mass is 16.5. The van der Waals surface area contributed by atoms with Crippen LogP contribution in [0.15, 0.2) is 4.52 Å². The first-order chi connectivity index (χ1) is 12.1. The van der Waals surface area contributed by atoms with E-state index in [9.17, 15) is 9.59 Å². The second-order valence-corrected chi connectivity index (χ2v) is 7.23. The molecule has 0 saturated carbocycles. The van der Waals surface area contributed by atoms with Gasteiger partial charge in [-0.1, -0.05) is 12.1 Å². The average Bonchev–Trinajstić information content (AvgIpc) is 3.06. The minimum Gasteiger partial charge on any atom is -0.342 e. The van der Waals surface area contributed by atoms with E-state index in [0.29, 0.717) is 24.8 Å². The van der Waals surface area contributed by atoms with E-state index in [-0.39, 0.29) is 17.7 Å². The molecule has 1 aromatic heterocycles. The quantitative estimate of drug-likeness (QED) is 0.829. The molecule has 0 aromatic carbocycles. The second-order valence-electron chi connectivity index (χ2n) is 7.23. The van der Waals surface area contributed by atoms with Gasteiger partial charge in [-0.25, -0.2) is 0 Å². The van der Waals surface area contributed by atoms with Crippen LogP contribution in [0.5, 0.6) is 0 Å². The van der Waals surface area contributed by atoms with Crippen LogP contribution in [-0.2, 0) is 16.0 Å². The number of carbonyl (C=O) groups is 2. The number of hydrogen-bond donors (Lipinski definition) is 0. The van der Waals surface area contributed by atoms with Crippen molar-refractivity contribution in [1.82, 2.24) is 19.9 Å². The highest BCUT2D eigenvalue weighted by Gasteiger charge is 2.32. The molecule has 138 valence electrons. The Morgan fingerprint density at radius 2 is 1.92 bits per heavy atom. The summed E-state index contributed by atoms with van der Waals surface area (Å²) in [5.74, 6) is 2.23. The Kier molecular flexibility index (Phi) is 5.71. The normalized spacial score (nSPS) is 22.2. The molecule has 0 bridgehead atoms. The fourth-order valence-corrected chi connectivity index (χ4v) is 3.93. The van der Waals surface area contributed by atoms with Crippen molar-refractivity contribution in [1.29, 1.82) is 0 Å². The van der Waals surface area contributed by atoms with Gasteiger partial charge in [0.2, 0.25) is 17.7 Å². The first kappa shape index (κ1) is 17.9. The van der Waals surface area contributed by atoms with Crippen LogP contribution in [0.25, 0.3) is 0 Å². The summed E-state index contributed by atoms with van der Waals surface area (Å²) in [5, 5.41) is 3.97. The zero-order valence-corrected chi connectivity index (χ0v) is 15.2. The van der Waals surface area contributed by atoms with E-state index in [4.69, 9.17) is 4.52 Å². The van der Waals surface area contributed by atoms with Crippen molar-refractivity contribution in [2.75, 3.05) is 26.2 Å². The molecule has 2 aliphatic rings. The minimum atomic E-state index is -0.0272. The lowest BCUT2D eigenvalue weighted by Crippen LogP contribution is -2.48. The lowest BCUT2D eigenvalue weighted by atomic mass is 9.91. The lowest BCUT2D eigenvalue weighted by Gasteiger charge is -2.37. The van der Waals surface area contributed by atoms with Gasteiger partial charge in [-0.05, 0) is 31.6 Å². The highest BCUT2D eigenvalue weighted by molar-refractivity contribution is 5.81. The maximum absolute atomic E-state index is 12.8. The molecule has 0 aliphatic carbocycles. The zero-order chi connectivity index (χ0) is 17.8. The van der Waals surface area contributed by atoms with Gasteiger partial charge in [-0.15, -0.1) is 0 Å². The number of likely N-dealkylation sites (tertiary alicyclic amines) is 2. The number of carbonyl (C=O) groups excluding carboxylic acids is 2. The molecular weight excluding hydrogens is 320 g/mol. The number of aryl methyl sites for hydroxylation is 1. The van der Waals surface area contributed by atoms with E-state index in [0.717, 1.165) is 57.6 Å². The minimum absolute atomic E-state index is 0.0272. The number of hydrogen-bond acceptors (Lipinski definition) is 5. The summed E-state index contributed by atoms with van der Waals surface area (Å²) in [6, 6.07) is 0. The third-order valence-electron chi connectivity index (χ3n) is 5.39. The highest BCUT2D eigenvalue weighted by Crippen LogP contribution is 2.25. The van der Waals surface area contributed by atoms with Crippen molar-refractivity contribution in [3.63, 3.8) is 0 Å². The Labute approximate surface area is 148 Å². The van der Waals surface area contributed by atoms with Gasteiger partial charge in [0.1, 0.15) is 0 Å². The van der Waals surface area contributed by atoms with Crippen molar-refractivity contribution >= 4 is 11.8 Å². The summed E-state index contributed by atoms with van der Waals surface area (Å²) in [4.78, 5) is 32.9. The van der Waals surface area contributed by atoms with Crippen molar-refractivity contribution in [3.05, 3.63) is 11.7 Å². The molecule has 1 aromatic rings. The van der Waals surface area contributed by atoms with Gasteiger partial charge in [-0.2, -0.15) is 4.98 Å². The first-order valence-electron chi connectivity index (χ1n) is 9.42. The van der Waals surface area contributed by atoms with E-state index in [1.54, 1.807) is 6.92 Å². The van der Waals surface area contributed by atoms with Gasteiger partial charge in [0.15, 0.2) is 5.82 Å². The maximum Gasteiger partial charge on any atom is 0.227 e. The van der Waals surface area contributed by atoms with Crippen LogP contribution in [0.4, 0.5) is 0 Å². The Morgan fingerprint density at radius 3 is 2.56 bits per heavy atom. The smallest absolute Gasteiger partial charge is 0.227 e. The van der Waals surface area contributed by atoms with Crippen molar-refractivity contribution in [3.8, 4) is 0 Å². The maximum atomic E-state index is 12.8. The van der Waals surface area contributed by atoms with Gasteiger partial charge < -0.3 is 14.3 Å².